The maximum Gasteiger partial charge on any atom is 0.266 e. The largest absolute Gasteiger partial charge is 0.481 e. The minimum Gasteiger partial charge on any atom is -0.481 e. The number of aromatic nitrogens is 2. The second-order valence-corrected chi connectivity index (χ2v) is 6.63. The van der Waals surface area contributed by atoms with Crippen molar-refractivity contribution in [1.29, 1.82) is 0 Å². The number of rotatable bonds is 5. The van der Waals surface area contributed by atoms with Crippen molar-refractivity contribution in [2.24, 2.45) is 0 Å². The lowest BCUT2D eigenvalue weighted by Crippen LogP contribution is -2.30. The molecule has 0 saturated heterocycles. The van der Waals surface area contributed by atoms with Gasteiger partial charge < -0.3 is 4.74 Å². The van der Waals surface area contributed by atoms with E-state index in [1.54, 1.807) is 6.92 Å². The van der Waals surface area contributed by atoms with Gasteiger partial charge in [-0.1, -0.05) is 35.2 Å². The molecule has 1 amide bonds. The molecule has 0 fully saturated rings. The Labute approximate surface area is 132 Å². The molecule has 0 bridgehead atoms. The van der Waals surface area contributed by atoms with Gasteiger partial charge >= 0.3 is 0 Å². The Morgan fingerprint density at radius 3 is 2.81 bits per heavy atom. The number of amides is 1. The molecule has 21 heavy (non-hydrogen) atoms. The Morgan fingerprint density at radius 2 is 2.14 bits per heavy atom. The van der Waals surface area contributed by atoms with E-state index in [4.69, 9.17) is 4.74 Å². The van der Waals surface area contributed by atoms with Crippen molar-refractivity contribution in [1.82, 2.24) is 10.2 Å². The van der Waals surface area contributed by atoms with Gasteiger partial charge in [-0.15, -0.1) is 10.2 Å². The lowest BCUT2D eigenvalue weighted by molar-refractivity contribution is -0.122. The van der Waals surface area contributed by atoms with E-state index in [0.29, 0.717) is 5.13 Å². The number of carbonyl (C=O) groups excluding carboxylic acids is 1. The second-order valence-electron chi connectivity index (χ2n) is 4.60. The molecule has 2 rings (SSSR count). The number of anilines is 1. The molecule has 112 valence electrons. The highest BCUT2D eigenvalue weighted by Gasteiger charge is 2.17. The van der Waals surface area contributed by atoms with Crippen LogP contribution in [0, 0.1) is 13.8 Å². The number of carbonyl (C=O) groups is 1. The fourth-order valence-electron chi connectivity index (χ4n) is 1.63. The summed E-state index contributed by atoms with van der Waals surface area (Å²) in [6.45, 7) is 5.66. The number of ether oxygens (including phenoxy) is 1. The average Bonchev–Trinajstić information content (AvgIpc) is 2.90. The molecule has 1 aromatic carbocycles. The number of hydrogen-bond donors (Lipinski definition) is 1. The van der Waals surface area contributed by atoms with Gasteiger partial charge in [-0.05, 0) is 44.2 Å². The highest BCUT2D eigenvalue weighted by atomic mass is 32.2. The zero-order valence-corrected chi connectivity index (χ0v) is 14.0. The molecule has 7 heteroatoms. The summed E-state index contributed by atoms with van der Waals surface area (Å²) in [6, 6.07) is 5.92. The molecule has 1 atom stereocenters. The third-order valence-electron chi connectivity index (χ3n) is 2.83. The molecule has 0 aliphatic carbocycles. The van der Waals surface area contributed by atoms with Crippen LogP contribution in [0.25, 0.3) is 0 Å². The Morgan fingerprint density at radius 1 is 1.38 bits per heavy atom. The summed E-state index contributed by atoms with van der Waals surface area (Å²) in [4.78, 5) is 12.1. The third kappa shape index (κ3) is 4.18. The van der Waals surface area contributed by atoms with Crippen molar-refractivity contribution in [3.8, 4) is 5.75 Å². The third-order valence-corrected chi connectivity index (χ3v) is 4.64. The molecule has 1 N–H and O–H groups in total. The predicted molar refractivity (Wildman–Crippen MR) is 86.3 cm³/mol. The monoisotopic (exact) mass is 323 g/mol. The fourth-order valence-corrected chi connectivity index (χ4v) is 2.80. The van der Waals surface area contributed by atoms with Gasteiger partial charge in [0.25, 0.3) is 5.91 Å². The number of nitrogens with one attached hydrogen (secondary N) is 1. The molecular formula is C14H17N3O2S2. The number of benzene rings is 1. The lowest BCUT2D eigenvalue weighted by atomic mass is 10.1. The van der Waals surface area contributed by atoms with Crippen LogP contribution in [0.2, 0.25) is 0 Å². The summed E-state index contributed by atoms with van der Waals surface area (Å²) in [5, 5.41) is 11.0. The summed E-state index contributed by atoms with van der Waals surface area (Å²) < 4.78 is 6.55. The molecule has 0 aliphatic rings. The first kappa shape index (κ1) is 15.8. The standard InChI is InChI=1S/C14H17N3O2S2/c1-8-5-6-9(2)11(7-8)19-10(3)12(18)15-13-16-17-14(20-4)21-13/h5-7,10H,1-4H3,(H,15,16,18)/t10-/m1/s1. The van der Waals surface area contributed by atoms with Crippen molar-refractivity contribution in [3.63, 3.8) is 0 Å². The average molecular weight is 323 g/mol. The number of thioether (sulfide) groups is 1. The van der Waals surface area contributed by atoms with E-state index in [1.165, 1.54) is 23.1 Å². The Bertz CT molecular complexity index is 643. The first-order valence-corrected chi connectivity index (χ1v) is 8.46. The molecule has 2 aromatic rings. The van der Waals surface area contributed by atoms with Crippen molar-refractivity contribution < 1.29 is 9.53 Å². The van der Waals surface area contributed by atoms with Gasteiger partial charge in [0.2, 0.25) is 5.13 Å². The first-order valence-electron chi connectivity index (χ1n) is 6.42. The smallest absolute Gasteiger partial charge is 0.266 e. The molecule has 0 saturated carbocycles. The number of hydrogen-bond acceptors (Lipinski definition) is 6. The van der Waals surface area contributed by atoms with Crippen molar-refractivity contribution in [3.05, 3.63) is 29.3 Å². The zero-order valence-electron chi connectivity index (χ0n) is 12.3. The van der Waals surface area contributed by atoms with Gasteiger partial charge in [0.1, 0.15) is 5.75 Å². The van der Waals surface area contributed by atoms with Crippen LogP contribution in [0.3, 0.4) is 0 Å². The molecule has 0 unspecified atom stereocenters. The van der Waals surface area contributed by atoms with Crippen molar-refractivity contribution in [2.75, 3.05) is 11.6 Å². The topological polar surface area (TPSA) is 64.1 Å². The second kappa shape index (κ2) is 6.91. The first-order chi connectivity index (χ1) is 9.99. The normalized spacial score (nSPS) is 12.0. The van der Waals surface area contributed by atoms with Crippen molar-refractivity contribution >= 4 is 34.1 Å². The van der Waals surface area contributed by atoms with Crippen LogP contribution in [0.4, 0.5) is 5.13 Å². The van der Waals surface area contributed by atoms with E-state index < -0.39 is 6.10 Å². The van der Waals surface area contributed by atoms with E-state index in [1.807, 2.05) is 38.3 Å². The molecule has 5 nitrogen and oxygen atoms in total. The SMILES string of the molecule is CSc1nnc(NC(=O)[C@@H](C)Oc2cc(C)ccc2C)s1. The van der Waals surface area contributed by atoms with Gasteiger partial charge in [-0.25, -0.2) is 0 Å². The highest BCUT2D eigenvalue weighted by molar-refractivity contribution is 8.00. The maximum absolute atomic E-state index is 12.1. The lowest BCUT2D eigenvalue weighted by Gasteiger charge is -2.15. The van der Waals surface area contributed by atoms with Crippen molar-refractivity contribution in [2.45, 2.75) is 31.2 Å². The molecular weight excluding hydrogens is 306 g/mol. The van der Waals surface area contributed by atoms with Gasteiger partial charge in [0.05, 0.1) is 0 Å². The Hall–Kier alpha value is -1.60. The van der Waals surface area contributed by atoms with Gasteiger partial charge in [0.15, 0.2) is 10.4 Å². The number of aryl methyl sites for hydroxylation is 2. The van der Waals surface area contributed by atoms with E-state index in [2.05, 4.69) is 15.5 Å². The maximum atomic E-state index is 12.1. The van der Waals surface area contributed by atoms with Gasteiger partial charge in [-0.2, -0.15) is 0 Å². The quantitative estimate of drug-likeness (QED) is 0.676. The van der Waals surface area contributed by atoms with Crippen LogP contribution >= 0.6 is 23.1 Å². The molecule has 0 aliphatic heterocycles. The van der Waals surface area contributed by atoms with Crippen LogP contribution in [-0.4, -0.2) is 28.5 Å². The molecule has 0 radical (unpaired) electrons. The van der Waals surface area contributed by atoms with Crippen LogP contribution in [0.5, 0.6) is 5.75 Å². The predicted octanol–water partition coefficient (Wildman–Crippen LogP) is 3.28. The van der Waals surface area contributed by atoms with Gasteiger partial charge in [-0.3, -0.25) is 10.1 Å². The summed E-state index contributed by atoms with van der Waals surface area (Å²) in [7, 11) is 0. The van der Waals surface area contributed by atoms with E-state index >= 15 is 0 Å². The minimum absolute atomic E-state index is 0.236. The summed E-state index contributed by atoms with van der Waals surface area (Å²) >= 11 is 2.84. The summed E-state index contributed by atoms with van der Waals surface area (Å²) in [6.07, 6.45) is 1.31. The van der Waals surface area contributed by atoms with Crippen LogP contribution in [0.15, 0.2) is 22.5 Å². The fraction of sp³-hybridized carbons (Fsp3) is 0.357. The number of nitrogens with zero attached hydrogens (tertiary/aromatic N) is 2. The van der Waals surface area contributed by atoms with E-state index in [0.717, 1.165) is 21.2 Å². The summed E-state index contributed by atoms with van der Waals surface area (Å²) in [5.41, 5.74) is 2.10. The van der Waals surface area contributed by atoms with E-state index in [9.17, 15) is 4.79 Å². The van der Waals surface area contributed by atoms with E-state index in [-0.39, 0.29) is 5.91 Å². The van der Waals surface area contributed by atoms with Crippen LogP contribution in [-0.2, 0) is 4.79 Å². The Kier molecular flexibility index (Phi) is 5.19. The Balaban J connectivity index is 2.00. The van der Waals surface area contributed by atoms with Crippen LogP contribution < -0.4 is 10.1 Å². The zero-order chi connectivity index (χ0) is 15.4. The summed E-state index contributed by atoms with van der Waals surface area (Å²) in [5.74, 6) is 0.486. The minimum atomic E-state index is -0.605. The van der Waals surface area contributed by atoms with Crippen LogP contribution in [0.1, 0.15) is 18.1 Å². The molecule has 1 aromatic heterocycles. The van der Waals surface area contributed by atoms with Gasteiger partial charge in [0, 0.05) is 0 Å². The molecule has 1 heterocycles. The highest BCUT2D eigenvalue weighted by Crippen LogP contribution is 2.24. The molecule has 0 spiro atoms.